The third kappa shape index (κ3) is 3.82. The van der Waals surface area contributed by atoms with E-state index in [1.165, 1.54) is 0 Å². The van der Waals surface area contributed by atoms with E-state index < -0.39 is 54.9 Å². The van der Waals surface area contributed by atoms with Crippen LogP contribution in [0.2, 0.25) is 0 Å². The van der Waals surface area contributed by atoms with Crippen molar-refractivity contribution in [3.63, 3.8) is 0 Å². The van der Waals surface area contributed by atoms with E-state index in [9.17, 15) is 22.4 Å². The molecule has 0 atom stereocenters. The molecule has 0 aliphatic heterocycles. The minimum Gasteiger partial charge on any atom is -0.396 e. The Bertz CT molecular complexity index is 468. The van der Waals surface area contributed by atoms with Crippen molar-refractivity contribution >= 4 is 11.6 Å². The first-order chi connectivity index (χ1) is 8.86. The molecule has 0 saturated heterocycles. The Labute approximate surface area is 106 Å². The highest BCUT2D eigenvalue weighted by molar-refractivity contribution is 5.95. The summed E-state index contributed by atoms with van der Waals surface area (Å²) >= 11 is 0. The maximum atomic E-state index is 13.6. The van der Waals surface area contributed by atoms with Gasteiger partial charge < -0.3 is 15.7 Å². The Hall–Kier alpha value is -1.83. The van der Waals surface area contributed by atoms with E-state index in [1.54, 1.807) is 0 Å². The van der Waals surface area contributed by atoms with Gasteiger partial charge in [-0.05, 0) is 12.1 Å². The van der Waals surface area contributed by atoms with E-state index in [1.807, 2.05) is 0 Å². The standard InChI is InChI=1S/C11H12F4N2O2/c12-6-3-7(10(15)8(16)4-6)11(19)17(1-2-18)5-9(13)14/h3-4,9,18H,1-2,5,16H2. The molecule has 8 heteroatoms. The molecule has 1 amide bonds. The summed E-state index contributed by atoms with van der Waals surface area (Å²) in [7, 11) is 0. The van der Waals surface area contributed by atoms with Crippen LogP contribution in [0.25, 0.3) is 0 Å². The Morgan fingerprint density at radius 1 is 1.37 bits per heavy atom. The molecule has 0 aromatic heterocycles. The fourth-order valence-electron chi connectivity index (χ4n) is 1.50. The van der Waals surface area contributed by atoms with Crippen molar-refractivity contribution in [3.8, 4) is 0 Å². The van der Waals surface area contributed by atoms with Gasteiger partial charge in [0.1, 0.15) is 5.82 Å². The van der Waals surface area contributed by atoms with Gasteiger partial charge in [0.25, 0.3) is 12.3 Å². The molecule has 106 valence electrons. The molecule has 4 nitrogen and oxygen atoms in total. The van der Waals surface area contributed by atoms with Gasteiger partial charge in [-0.1, -0.05) is 0 Å². The molecule has 3 N–H and O–H groups in total. The minimum atomic E-state index is -2.86. The largest absolute Gasteiger partial charge is 0.396 e. The number of anilines is 1. The lowest BCUT2D eigenvalue weighted by Gasteiger charge is -2.21. The van der Waals surface area contributed by atoms with Crippen molar-refractivity contribution in [2.24, 2.45) is 0 Å². The number of aliphatic hydroxyl groups excluding tert-OH is 1. The number of amides is 1. The third-order valence-corrected chi connectivity index (χ3v) is 2.31. The molecule has 1 rings (SSSR count). The summed E-state index contributed by atoms with van der Waals surface area (Å²) in [5.41, 5.74) is 3.81. The second-order valence-electron chi connectivity index (χ2n) is 3.72. The Morgan fingerprint density at radius 3 is 2.53 bits per heavy atom. The summed E-state index contributed by atoms with van der Waals surface area (Å²) in [5, 5.41) is 8.69. The van der Waals surface area contributed by atoms with Crippen molar-refractivity contribution in [1.82, 2.24) is 4.90 Å². The van der Waals surface area contributed by atoms with Gasteiger partial charge in [0.15, 0.2) is 5.82 Å². The lowest BCUT2D eigenvalue weighted by atomic mass is 10.1. The molecular weight excluding hydrogens is 268 g/mol. The van der Waals surface area contributed by atoms with Crippen molar-refractivity contribution in [2.45, 2.75) is 6.43 Å². The van der Waals surface area contributed by atoms with Crippen LogP contribution in [0.15, 0.2) is 12.1 Å². The van der Waals surface area contributed by atoms with Crippen LogP contribution in [0, 0.1) is 11.6 Å². The predicted molar refractivity (Wildman–Crippen MR) is 59.8 cm³/mol. The highest BCUT2D eigenvalue weighted by atomic mass is 19.3. The van der Waals surface area contributed by atoms with E-state index in [0.29, 0.717) is 17.0 Å². The van der Waals surface area contributed by atoms with Gasteiger partial charge in [-0.2, -0.15) is 0 Å². The maximum absolute atomic E-state index is 13.6. The number of halogens is 4. The van der Waals surface area contributed by atoms with Crippen molar-refractivity contribution in [3.05, 3.63) is 29.3 Å². The Balaban J connectivity index is 3.08. The topological polar surface area (TPSA) is 66.6 Å². The first-order valence-electron chi connectivity index (χ1n) is 5.29. The summed E-state index contributed by atoms with van der Waals surface area (Å²) < 4.78 is 51.2. The molecule has 0 aliphatic carbocycles. The van der Waals surface area contributed by atoms with Crippen LogP contribution in [-0.2, 0) is 0 Å². The van der Waals surface area contributed by atoms with Crippen LogP contribution < -0.4 is 5.73 Å². The SMILES string of the molecule is Nc1cc(F)cc(C(=O)N(CCO)CC(F)F)c1F. The van der Waals surface area contributed by atoms with Gasteiger partial charge in [0, 0.05) is 6.54 Å². The number of nitrogens with zero attached hydrogens (tertiary/aromatic N) is 1. The number of nitrogen functional groups attached to an aromatic ring is 1. The van der Waals surface area contributed by atoms with Crippen LogP contribution in [0.4, 0.5) is 23.2 Å². The van der Waals surface area contributed by atoms with Gasteiger partial charge in [-0.3, -0.25) is 4.79 Å². The maximum Gasteiger partial charge on any atom is 0.257 e. The van der Waals surface area contributed by atoms with Crippen LogP contribution in [0.3, 0.4) is 0 Å². The number of hydrogen-bond donors (Lipinski definition) is 2. The molecule has 0 saturated carbocycles. The molecule has 0 spiro atoms. The van der Waals surface area contributed by atoms with Gasteiger partial charge >= 0.3 is 0 Å². The van der Waals surface area contributed by atoms with Crippen LogP contribution in [-0.4, -0.2) is 42.0 Å². The average Bonchev–Trinajstić information content (AvgIpc) is 2.32. The highest BCUT2D eigenvalue weighted by Gasteiger charge is 2.23. The van der Waals surface area contributed by atoms with Crippen LogP contribution in [0.5, 0.6) is 0 Å². The zero-order chi connectivity index (χ0) is 14.6. The summed E-state index contributed by atoms with van der Waals surface area (Å²) in [4.78, 5) is 12.3. The fourth-order valence-corrected chi connectivity index (χ4v) is 1.50. The smallest absolute Gasteiger partial charge is 0.257 e. The zero-order valence-electron chi connectivity index (χ0n) is 9.75. The summed E-state index contributed by atoms with van der Waals surface area (Å²) in [6, 6.07) is 1.25. The van der Waals surface area contributed by atoms with Gasteiger partial charge in [0.2, 0.25) is 0 Å². The number of carbonyl (C=O) groups excluding carboxylic acids is 1. The minimum absolute atomic E-state index is 0.418. The highest BCUT2D eigenvalue weighted by Crippen LogP contribution is 2.19. The quantitative estimate of drug-likeness (QED) is 0.630. The van der Waals surface area contributed by atoms with Crippen molar-refractivity contribution < 1.29 is 27.5 Å². The molecule has 0 radical (unpaired) electrons. The second-order valence-corrected chi connectivity index (χ2v) is 3.72. The molecule has 1 aromatic carbocycles. The summed E-state index contributed by atoms with van der Waals surface area (Å²) in [5.74, 6) is -3.29. The second kappa shape index (κ2) is 6.37. The lowest BCUT2D eigenvalue weighted by molar-refractivity contribution is 0.0505. The number of nitrogens with two attached hydrogens (primary N) is 1. The van der Waals surface area contributed by atoms with E-state index in [-0.39, 0.29) is 0 Å². The first-order valence-corrected chi connectivity index (χ1v) is 5.29. The fraction of sp³-hybridized carbons (Fsp3) is 0.364. The van der Waals surface area contributed by atoms with E-state index in [2.05, 4.69) is 0 Å². The van der Waals surface area contributed by atoms with Gasteiger partial charge in [-0.25, -0.2) is 17.6 Å². The number of rotatable bonds is 5. The van der Waals surface area contributed by atoms with Gasteiger partial charge in [0.05, 0.1) is 24.4 Å². The first kappa shape index (κ1) is 15.2. The molecule has 0 fully saturated rings. The third-order valence-electron chi connectivity index (χ3n) is 2.31. The molecule has 0 unspecified atom stereocenters. The molecule has 0 aliphatic rings. The van der Waals surface area contributed by atoms with E-state index >= 15 is 0 Å². The Kier molecular flexibility index (Phi) is 5.11. The average molecular weight is 280 g/mol. The Morgan fingerprint density at radius 2 is 2.00 bits per heavy atom. The summed E-state index contributed by atoms with van der Waals surface area (Å²) in [6.07, 6.45) is -2.86. The molecular formula is C11H12F4N2O2. The monoisotopic (exact) mass is 280 g/mol. The van der Waals surface area contributed by atoms with Gasteiger partial charge in [-0.15, -0.1) is 0 Å². The predicted octanol–water partition coefficient (Wildman–Crippen LogP) is 1.25. The zero-order valence-corrected chi connectivity index (χ0v) is 9.75. The van der Waals surface area contributed by atoms with E-state index in [0.717, 1.165) is 0 Å². The molecule has 0 bridgehead atoms. The summed E-state index contributed by atoms with van der Waals surface area (Å²) in [6.45, 7) is -1.99. The van der Waals surface area contributed by atoms with Crippen molar-refractivity contribution in [2.75, 3.05) is 25.4 Å². The number of hydrogen-bond acceptors (Lipinski definition) is 3. The van der Waals surface area contributed by atoms with Crippen LogP contribution in [0.1, 0.15) is 10.4 Å². The number of benzene rings is 1. The normalized spacial score (nSPS) is 10.8. The number of alkyl halides is 2. The lowest BCUT2D eigenvalue weighted by Crippen LogP contribution is -2.37. The molecule has 0 heterocycles. The number of carbonyl (C=O) groups is 1. The van der Waals surface area contributed by atoms with Crippen LogP contribution >= 0.6 is 0 Å². The number of aliphatic hydroxyl groups is 1. The van der Waals surface area contributed by atoms with Crippen molar-refractivity contribution in [1.29, 1.82) is 0 Å². The van der Waals surface area contributed by atoms with E-state index in [4.69, 9.17) is 10.8 Å². The molecule has 19 heavy (non-hydrogen) atoms. The molecule has 1 aromatic rings.